The maximum Gasteiger partial charge on any atom is 0.236 e. The molecular formula is C11H25N3O2. The van der Waals surface area contributed by atoms with Crippen molar-refractivity contribution in [2.75, 3.05) is 46.9 Å². The molecule has 1 unspecified atom stereocenters. The Morgan fingerprint density at radius 3 is 2.38 bits per heavy atom. The Hall–Kier alpha value is -0.650. The van der Waals surface area contributed by atoms with E-state index in [4.69, 9.17) is 10.5 Å². The molecule has 0 rings (SSSR count). The van der Waals surface area contributed by atoms with Gasteiger partial charge in [-0.3, -0.25) is 9.69 Å². The molecule has 0 aliphatic carbocycles. The molecule has 2 N–H and O–H groups in total. The van der Waals surface area contributed by atoms with Gasteiger partial charge >= 0.3 is 0 Å². The first-order valence-corrected chi connectivity index (χ1v) is 5.75. The molecule has 96 valence electrons. The van der Waals surface area contributed by atoms with Crippen molar-refractivity contribution in [2.45, 2.75) is 19.9 Å². The Balaban J connectivity index is 3.94. The van der Waals surface area contributed by atoms with E-state index >= 15 is 0 Å². The third-order valence-corrected chi connectivity index (χ3v) is 2.45. The predicted molar refractivity (Wildman–Crippen MR) is 65.3 cm³/mol. The molecule has 0 aliphatic rings. The van der Waals surface area contributed by atoms with Gasteiger partial charge in [-0.25, -0.2) is 0 Å². The van der Waals surface area contributed by atoms with E-state index in [0.717, 1.165) is 13.1 Å². The first-order chi connectivity index (χ1) is 7.54. The predicted octanol–water partition coefficient (Wildman–Crippen LogP) is -0.240. The van der Waals surface area contributed by atoms with Gasteiger partial charge < -0.3 is 15.4 Å². The fourth-order valence-electron chi connectivity index (χ4n) is 1.64. The normalized spacial score (nSPS) is 12.9. The fraction of sp³-hybridized carbons (Fsp3) is 0.909. The van der Waals surface area contributed by atoms with Gasteiger partial charge in [-0.1, -0.05) is 0 Å². The highest BCUT2D eigenvalue weighted by atomic mass is 16.5. The van der Waals surface area contributed by atoms with E-state index in [1.807, 2.05) is 30.7 Å². The molecule has 1 amide bonds. The van der Waals surface area contributed by atoms with E-state index in [9.17, 15) is 4.79 Å². The average molecular weight is 231 g/mol. The van der Waals surface area contributed by atoms with Gasteiger partial charge in [0.15, 0.2) is 0 Å². The number of hydrogen-bond acceptors (Lipinski definition) is 4. The minimum absolute atomic E-state index is 0.0421. The number of nitrogens with zero attached hydrogens (tertiary/aromatic N) is 2. The lowest BCUT2D eigenvalue weighted by Gasteiger charge is -2.24. The summed E-state index contributed by atoms with van der Waals surface area (Å²) in [4.78, 5) is 15.5. The monoisotopic (exact) mass is 231 g/mol. The van der Waals surface area contributed by atoms with Crippen LogP contribution in [-0.4, -0.2) is 68.7 Å². The number of hydrogen-bond donors (Lipinski definition) is 1. The summed E-state index contributed by atoms with van der Waals surface area (Å²) >= 11 is 0. The van der Waals surface area contributed by atoms with Gasteiger partial charge in [-0.2, -0.15) is 0 Å². The zero-order chi connectivity index (χ0) is 12.6. The third-order valence-electron chi connectivity index (χ3n) is 2.45. The van der Waals surface area contributed by atoms with Crippen molar-refractivity contribution in [3.8, 4) is 0 Å². The van der Waals surface area contributed by atoms with Gasteiger partial charge in [0.1, 0.15) is 0 Å². The molecule has 0 aromatic carbocycles. The molecule has 0 bridgehead atoms. The SMILES string of the molecule is CCN(CC)C(=O)CN(C)CC(N)COC. The van der Waals surface area contributed by atoms with Crippen LogP contribution in [0, 0.1) is 0 Å². The van der Waals surface area contributed by atoms with Crippen LogP contribution in [0.1, 0.15) is 13.8 Å². The molecule has 0 aromatic rings. The number of ether oxygens (including phenoxy) is 1. The molecule has 5 nitrogen and oxygen atoms in total. The molecule has 0 aromatic heterocycles. The second-order valence-corrected chi connectivity index (χ2v) is 3.98. The van der Waals surface area contributed by atoms with Crippen molar-refractivity contribution < 1.29 is 9.53 Å². The lowest BCUT2D eigenvalue weighted by atomic mass is 10.3. The summed E-state index contributed by atoms with van der Waals surface area (Å²) < 4.78 is 4.95. The molecule has 5 heteroatoms. The van der Waals surface area contributed by atoms with Crippen molar-refractivity contribution in [3.63, 3.8) is 0 Å². The van der Waals surface area contributed by atoms with Crippen molar-refractivity contribution in [1.29, 1.82) is 0 Å². The molecular weight excluding hydrogens is 206 g/mol. The highest BCUT2D eigenvalue weighted by Crippen LogP contribution is 1.93. The van der Waals surface area contributed by atoms with Crippen LogP contribution >= 0.6 is 0 Å². The van der Waals surface area contributed by atoms with Gasteiger partial charge in [0.2, 0.25) is 5.91 Å². The standard InChI is InChI=1S/C11H25N3O2/c1-5-14(6-2)11(15)8-13(3)7-10(12)9-16-4/h10H,5-9,12H2,1-4H3. The van der Waals surface area contributed by atoms with Crippen molar-refractivity contribution >= 4 is 5.91 Å². The largest absolute Gasteiger partial charge is 0.383 e. The molecule has 0 radical (unpaired) electrons. The van der Waals surface area contributed by atoms with Crippen molar-refractivity contribution in [1.82, 2.24) is 9.80 Å². The summed E-state index contributed by atoms with van der Waals surface area (Å²) in [6.07, 6.45) is 0. The fourth-order valence-corrected chi connectivity index (χ4v) is 1.64. The Labute approximate surface area is 98.5 Å². The molecule has 0 spiro atoms. The first-order valence-electron chi connectivity index (χ1n) is 5.75. The second kappa shape index (κ2) is 8.50. The van der Waals surface area contributed by atoms with E-state index in [0.29, 0.717) is 19.7 Å². The summed E-state index contributed by atoms with van der Waals surface area (Å²) in [5.74, 6) is 0.150. The van der Waals surface area contributed by atoms with Gasteiger partial charge in [0, 0.05) is 32.8 Å². The van der Waals surface area contributed by atoms with Gasteiger partial charge in [0.25, 0.3) is 0 Å². The van der Waals surface area contributed by atoms with Crippen LogP contribution in [0.4, 0.5) is 0 Å². The van der Waals surface area contributed by atoms with E-state index < -0.39 is 0 Å². The third kappa shape index (κ3) is 6.05. The Morgan fingerprint density at radius 1 is 1.38 bits per heavy atom. The molecule has 0 fully saturated rings. The zero-order valence-corrected chi connectivity index (χ0v) is 10.9. The summed E-state index contributed by atoms with van der Waals surface area (Å²) in [6, 6.07) is -0.0421. The van der Waals surface area contributed by atoms with Crippen molar-refractivity contribution in [3.05, 3.63) is 0 Å². The molecule has 0 aliphatic heterocycles. The topological polar surface area (TPSA) is 58.8 Å². The number of rotatable bonds is 8. The quantitative estimate of drug-likeness (QED) is 0.626. The molecule has 1 atom stereocenters. The smallest absolute Gasteiger partial charge is 0.236 e. The van der Waals surface area contributed by atoms with Crippen molar-refractivity contribution in [2.24, 2.45) is 5.73 Å². The number of likely N-dealkylation sites (N-methyl/N-ethyl adjacent to an activating group) is 2. The van der Waals surface area contributed by atoms with E-state index in [1.165, 1.54) is 0 Å². The van der Waals surface area contributed by atoms with Crippen LogP contribution in [0.2, 0.25) is 0 Å². The van der Waals surface area contributed by atoms with Crippen LogP contribution < -0.4 is 5.73 Å². The van der Waals surface area contributed by atoms with Gasteiger partial charge in [-0.15, -0.1) is 0 Å². The lowest BCUT2D eigenvalue weighted by molar-refractivity contribution is -0.131. The summed E-state index contributed by atoms with van der Waals surface area (Å²) in [6.45, 7) is 7.08. The van der Waals surface area contributed by atoms with E-state index in [2.05, 4.69) is 0 Å². The summed E-state index contributed by atoms with van der Waals surface area (Å²) in [5, 5.41) is 0. The van der Waals surface area contributed by atoms with E-state index in [-0.39, 0.29) is 11.9 Å². The number of nitrogens with two attached hydrogens (primary N) is 1. The summed E-state index contributed by atoms with van der Waals surface area (Å²) in [7, 11) is 3.53. The second-order valence-electron chi connectivity index (χ2n) is 3.98. The van der Waals surface area contributed by atoms with E-state index in [1.54, 1.807) is 7.11 Å². The number of carbonyl (C=O) groups excluding carboxylic acids is 1. The Bertz CT molecular complexity index is 196. The molecule has 16 heavy (non-hydrogen) atoms. The van der Waals surface area contributed by atoms with Crippen LogP contribution in [0.3, 0.4) is 0 Å². The number of carbonyl (C=O) groups is 1. The maximum atomic E-state index is 11.8. The zero-order valence-electron chi connectivity index (χ0n) is 10.9. The highest BCUT2D eigenvalue weighted by Gasteiger charge is 2.14. The average Bonchev–Trinajstić information content (AvgIpc) is 2.19. The maximum absolute atomic E-state index is 11.8. The lowest BCUT2D eigenvalue weighted by Crippen LogP contribution is -2.44. The minimum Gasteiger partial charge on any atom is -0.383 e. The highest BCUT2D eigenvalue weighted by molar-refractivity contribution is 5.78. The molecule has 0 saturated heterocycles. The number of amides is 1. The van der Waals surface area contributed by atoms with Crippen LogP contribution in [0.5, 0.6) is 0 Å². The Kier molecular flexibility index (Phi) is 8.15. The van der Waals surface area contributed by atoms with Crippen LogP contribution in [-0.2, 0) is 9.53 Å². The Morgan fingerprint density at radius 2 is 1.94 bits per heavy atom. The van der Waals surface area contributed by atoms with Gasteiger partial charge in [-0.05, 0) is 20.9 Å². The summed E-state index contributed by atoms with van der Waals surface area (Å²) in [5.41, 5.74) is 5.81. The van der Waals surface area contributed by atoms with Crippen LogP contribution in [0.25, 0.3) is 0 Å². The number of methoxy groups -OCH3 is 1. The molecule has 0 heterocycles. The minimum atomic E-state index is -0.0421. The molecule has 0 saturated carbocycles. The van der Waals surface area contributed by atoms with Crippen LogP contribution in [0.15, 0.2) is 0 Å². The first kappa shape index (κ1) is 15.3. The van der Waals surface area contributed by atoms with Gasteiger partial charge in [0.05, 0.1) is 13.2 Å².